The van der Waals surface area contributed by atoms with E-state index in [-0.39, 0.29) is 17.0 Å². The Hall–Kier alpha value is -2.30. The number of hydrogen-bond acceptors (Lipinski definition) is 3. The minimum absolute atomic E-state index is 0.112. The first-order valence-electron chi connectivity index (χ1n) is 5.86. The minimum atomic E-state index is -3.91. The second-order valence-electron chi connectivity index (χ2n) is 4.21. The molecule has 7 heteroatoms. The fraction of sp³-hybridized carbons (Fsp3) is 0.0714. The van der Waals surface area contributed by atoms with Crippen molar-refractivity contribution in [2.45, 2.75) is 11.4 Å². The van der Waals surface area contributed by atoms with Crippen molar-refractivity contribution >= 4 is 10.0 Å². The van der Waals surface area contributed by atoms with Crippen LogP contribution in [0.15, 0.2) is 47.4 Å². The second-order valence-corrected chi connectivity index (χ2v) is 5.97. The SMILES string of the molecule is N#Cc1cc(S(=O)(=O)NCc2cccc(F)c2)ccc1F. The second kappa shape index (κ2) is 5.99. The van der Waals surface area contributed by atoms with Gasteiger partial charge in [0.2, 0.25) is 10.0 Å². The van der Waals surface area contributed by atoms with Crippen LogP contribution in [-0.2, 0) is 16.6 Å². The molecule has 0 aliphatic carbocycles. The van der Waals surface area contributed by atoms with E-state index in [1.807, 2.05) is 0 Å². The van der Waals surface area contributed by atoms with Gasteiger partial charge in [-0.3, -0.25) is 0 Å². The molecular formula is C14H10F2N2O2S. The molecule has 0 saturated heterocycles. The Bertz CT molecular complexity index is 814. The summed E-state index contributed by atoms with van der Waals surface area (Å²) >= 11 is 0. The Balaban J connectivity index is 2.21. The molecule has 0 heterocycles. The van der Waals surface area contributed by atoms with Crippen LogP contribution < -0.4 is 4.72 Å². The van der Waals surface area contributed by atoms with E-state index in [0.717, 1.165) is 18.2 Å². The molecule has 0 amide bonds. The highest BCUT2D eigenvalue weighted by Gasteiger charge is 2.16. The predicted octanol–water partition coefficient (Wildman–Crippen LogP) is 2.31. The number of benzene rings is 2. The summed E-state index contributed by atoms with van der Waals surface area (Å²) in [5.74, 6) is -1.26. The number of nitrogens with zero attached hydrogens (tertiary/aromatic N) is 1. The van der Waals surface area contributed by atoms with Crippen molar-refractivity contribution < 1.29 is 17.2 Å². The first kappa shape index (κ1) is 15.1. The average Bonchev–Trinajstić information content (AvgIpc) is 2.46. The summed E-state index contributed by atoms with van der Waals surface area (Å²) in [4.78, 5) is -0.225. The molecule has 0 aliphatic heterocycles. The number of sulfonamides is 1. The quantitative estimate of drug-likeness (QED) is 0.942. The molecule has 0 aromatic heterocycles. The van der Waals surface area contributed by atoms with E-state index >= 15 is 0 Å². The molecule has 21 heavy (non-hydrogen) atoms. The molecule has 0 bridgehead atoms. The van der Waals surface area contributed by atoms with Crippen molar-refractivity contribution in [3.05, 3.63) is 65.2 Å². The van der Waals surface area contributed by atoms with Crippen molar-refractivity contribution in [3.8, 4) is 6.07 Å². The number of nitrogens with one attached hydrogen (secondary N) is 1. The molecule has 0 spiro atoms. The highest BCUT2D eigenvalue weighted by molar-refractivity contribution is 7.89. The Kier molecular flexibility index (Phi) is 4.31. The normalized spacial score (nSPS) is 11.1. The van der Waals surface area contributed by atoms with E-state index in [2.05, 4.69) is 4.72 Å². The topological polar surface area (TPSA) is 70.0 Å². The predicted molar refractivity (Wildman–Crippen MR) is 71.5 cm³/mol. The van der Waals surface area contributed by atoms with Gasteiger partial charge >= 0.3 is 0 Å². The monoisotopic (exact) mass is 308 g/mol. The Labute approximate surface area is 120 Å². The van der Waals surface area contributed by atoms with E-state index in [4.69, 9.17) is 5.26 Å². The molecule has 0 radical (unpaired) electrons. The van der Waals surface area contributed by atoms with E-state index in [1.54, 1.807) is 12.1 Å². The molecule has 1 N–H and O–H groups in total. The lowest BCUT2D eigenvalue weighted by atomic mass is 10.2. The summed E-state index contributed by atoms with van der Waals surface area (Å²) in [6.07, 6.45) is 0. The molecule has 4 nitrogen and oxygen atoms in total. The van der Waals surface area contributed by atoms with Crippen LogP contribution in [0, 0.1) is 23.0 Å². The summed E-state index contributed by atoms with van der Waals surface area (Å²) in [7, 11) is -3.91. The molecular weight excluding hydrogens is 298 g/mol. The highest BCUT2D eigenvalue weighted by atomic mass is 32.2. The summed E-state index contributed by atoms with van der Waals surface area (Å²) < 4.78 is 52.5. The number of halogens is 2. The van der Waals surface area contributed by atoms with Gasteiger partial charge in [0, 0.05) is 6.54 Å². The van der Waals surface area contributed by atoms with E-state index in [1.165, 1.54) is 18.2 Å². The summed E-state index contributed by atoms with van der Waals surface area (Å²) in [6, 6.07) is 9.97. The molecule has 0 atom stereocenters. The third-order valence-corrected chi connectivity index (χ3v) is 4.12. The van der Waals surface area contributed by atoms with Gasteiger partial charge in [-0.1, -0.05) is 12.1 Å². The lowest BCUT2D eigenvalue weighted by molar-refractivity contribution is 0.579. The van der Waals surface area contributed by atoms with Crippen LogP contribution in [-0.4, -0.2) is 8.42 Å². The van der Waals surface area contributed by atoms with Gasteiger partial charge in [0.05, 0.1) is 10.5 Å². The maximum atomic E-state index is 13.2. The van der Waals surface area contributed by atoms with Gasteiger partial charge in [0.25, 0.3) is 0 Å². The van der Waals surface area contributed by atoms with Crippen molar-refractivity contribution in [2.24, 2.45) is 0 Å². The van der Waals surface area contributed by atoms with Crippen LogP contribution in [0.3, 0.4) is 0 Å². The van der Waals surface area contributed by atoms with E-state index in [0.29, 0.717) is 5.56 Å². The molecule has 0 saturated carbocycles. The van der Waals surface area contributed by atoms with Gasteiger partial charge in [-0.2, -0.15) is 5.26 Å². The number of rotatable bonds is 4. The first-order valence-corrected chi connectivity index (χ1v) is 7.34. The van der Waals surface area contributed by atoms with Crippen LogP contribution in [0.25, 0.3) is 0 Å². The Morgan fingerprint density at radius 2 is 1.90 bits per heavy atom. The summed E-state index contributed by atoms with van der Waals surface area (Å²) in [5, 5.41) is 8.70. The van der Waals surface area contributed by atoms with Crippen LogP contribution in [0.1, 0.15) is 11.1 Å². The summed E-state index contributed by atoms with van der Waals surface area (Å²) in [6.45, 7) is -0.112. The van der Waals surface area contributed by atoms with Crippen LogP contribution in [0.4, 0.5) is 8.78 Å². The van der Waals surface area contributed by atoms with Gasteiger partial charge in [0.1, 0.15) is 17.7 Å². The van der Waals surface area contributed by atoms with Crippen LogP contribution >= 0.6 is 0 Å². The maximum absolute atomic E-state index is 13.2. The van der Waals surface area contributed by atoms with Crippen LogP contribution in [0.2, 0.25) is 0 Å². The van der Waals surface area contributed by atoms with Gasteiger partial charge in [0.15, 0.2) is 0 Å². The molecule has 2 rings (SSSR count). The van der Waals surface area contributed by atoms with Crippen molar-refractivity contribution in [1.29, 1.82) is 5.26 Å². The first-order chi connectivity index (χ1) is 9.92. The minimum Gasteiger partial charge on any atom is -0.207 e. The molecule has 2 aromatic carbocycles. The molecule has 108 valence electrons. The molecule has 0 unspecified atom stereocenters. The zero-order valence-corrected chi connectivity index (χ0v) is 11.5. The number of nitriles is 1. The Morgan fingerprint density at radius 1 is 1.14 bits per heavy atom. The summed E-state index contributed by atoms with van der Waals surface area (Å²) in [5.41, 5.74) is 0.0878. The lowest BCUT2D eigenvalue weighted by Crippen LogP contribution is -2.23. The van der Waals surface area contributed by atoms with Gasteiger partial charge in [-0.05, 0) is 35.9 Å². The fourth-order valence-corrected chi connectivity index (χ4v) is 2.71. The zero-order valence-electron chi connectivity index (χ0n) is 10.7. The standard InChI is InChI=1S/C14H10F2N2O2S/c15-12-3-1-2-10(6-12)9-18-21(19,20)13-4-5-14(16)11(7-13)8-17/h1-7,18H,9H2. The van der Waals surface area contributed by atoms with Gasteiger partial charge in [-0.25, -0.2) is 21.9 Å². The highest BCUT2D eigenvalue weighted by Crippen LogP contribution is 2.15. The molecule has 0 aliphatic rings. The smallest absolute Gasteiger partial charge is 0.207 e. The molecule has 0 fully saturated rings. The van der Waals surface area contributed by atoms with E-state index in [9.17, 15) is 17.2 Å². The third kappa shape index (κ3) is 3.62. The maximum Gasteiger partial charge on any atom is 0.240 e. The average molecular weight is 308 g/mol. The van der Waals surface area contributed by atoms with Gasteiger partial charge < -0.3 is 0 Å². The molecule has 2 aromatic rings. The third-order valence-electron chi connectivity index (χ3n) is 2.72. The van der Waals surface area contributed by atoms with Crippen molar-refractivity contribution in [2.75, 3.05) is 0 Å². The zero-order chi connectivity index (χ0) is 15.5. The largest absolute Gasteiger partial charge is 0.240 e. The van der Waals surface area contributed by atoms with Crippen molar-refractivity contribution in [3.63, 3.8) is 0 Å². The number of hydrogen-bond donors (Lipinski definition) is 1. The van der Waals surface area contributed by atoms with Crippen molar-refractivity contribution in [1.82, 2.24) is 4.72 Å². The lowest BCUT2D eigenvalue weighted by Gasteiger charge is -2.07. The fourth-order valence-electron chi connectivity index (χ4n) is 1.67. The van der Waals surface area contributed by atoms with Gasteiger partial charge in [-0.15, -0.1) is 0 Å². The van der Waals surface area contributed by atoms with E-state index < -0.39 is 21.7 Å². The Morgan fingerprint density at radius 3 is 2.57 bits per heavy atom. The van der Waals surface area contributed by atoms with Crippen LogP contribution in [0.5, 0.6) is 0 Å².